The van der Waals surface area contributed by atoms with Crippen molar-refractivity contribution >= 4 is 11.9 Å². The Kier molecular flexibility index (Phi) is 5.03. The number of carbonyl (C=O) groups excluding carboxylic acids is 2. The van der Waals surface area contributed by atoms with Crippen LogP contribution in [0.5, 0.6) is 0 Å². The van der Waals surface area contributed by atoms with Gasteiger partial charge in [-0.2, -0.15) is 0 Å². The van der Waals surface area contributed by atoms with Crippen molar-refractivity contribution in [1.29, 1.82) is 0 Å². The van der Waals surface area contributed by atoms with Crippen molar-refractivity contribution in [3.63, 3.8) is 0 Å². The number of ether oxygens (including phenoxy) is 2. The number of esters is 2. The average Bonchev–Trinajstić information content (AvgIpc) is 2.03. The summed E-state index contributed by atoms with van der Waals surface area (Å²) >= 11 is 0. The molecule has 0 heterocycles. The van der Waals surface area contributed by atoms with E-state index in [0.29, 0.717) is 0 Å². The molecule has 0 saturated heterocycles. The zero-order valence-corrected chi connectivity index (χ0v) is 7.07. The second kappa shape index (κ2) is 5.54. The maximum absolute atomic E-state index is 10.7. The van der Waals surface area contributed by atoms with Gasteiger partial charge in [0.25, 0.3) is 0 Å². The third kappa shape index (κ3) is 3.92. The van der Waals surface area contributed by atoms with E-state index in [2.05, 4.69) is 9.47 Å². The van der Waals surface area contributed by atoms with Crippen LogP contribution < -0.4 is 0 Å². The predicted octanol–water partition coefficient (Wildman–Crippen LogP) is -0.527. The largest absolute Gasteiger partial charge is 0.467 e. The van der Waals surface area contributed by atoms with Crippen molar-refractivity contribution in [3.05, 3.63) is 0 Å². The van der Waals surface area contributed by atoms with Crippen molar-refractivity contribution < 1.29 is 24.2 Å². The molecule has 0 spiro atoms. The molecule has 0 amide bonds. The molecular weight excluding hydrogens is 164 g/mol. The molecule has 0 aromatic rings. The van der Waals surface area contributed by atoms with Crippen LogP contribution in [0.2, 0.25) is 0 Å². The fourth-order valence-corrected chi connectivity index (χ4v) is 0.597. The summed E-state index contributed by atoms with van der Waals surface area (Å²) in [6, 6.07) is 0. The van der Waals surface area contributed by atoms with Gasteiger partial charge in [0.15, 0.2) is 6.10 Å². The molecule has 0 fully saturated rings. The molecule has 5 nitrogen and oxygen atoms in total. The van der Waals surface area contributed by atoms with Crippen LogP contribution in [0.4, 0.5) is 0 Å². The van der Waals surface area contributed by atoms with Gasteiger partial charge in [0.1, 0.15) is 0 Å². The van der Waals surface area contributed by atoms with E-state index in [4.69, 9.17) is 5.11 Å². The van der Waals surface area contributed by atoms with E-state index in [1.54, 1.807) is 6.92 Å². The Bertz CT molecular complexity index is 165. The summed E-state index contributed by atoms with van der Waals surface area (Å²) in [5.41, 5.74) is 0. The quantitative estimate of drug-likeness (QED) is 0.583. The number of rotatable bonds is 4. The van der Waals surface area contributed by atoms with Crippen molar-refractivity contribution in [2.45, 2.75) is 19.4 Å². The summed E-state index contributed by atoms with van der Waals surface area (Å²) < 4.78 is 8.69. The number of methoxy groups -OCH3 is 1. The monoisotopic (exact) mass is 176 g/mol. The lowest BCUT2D eigenvalue weighted by atomic mass is 10.2. The molecule has 0 saturated carbocycles. The predicted molar refractivity (Wildman–Crippen MR) is 39.3 cm³/mol. The van der Waals surface area contributed by atoms with Crippen LogP contribution in [0, 0.1) is 0 Å². The molecule has 0 rings (SSSR count). The second-order valence-corrected chi connectivity index (χ2v) is 2.05. The maximum Gasteiger partial charge on any atom is 0.335 e. The molecule has 1 N–H and O–H groups in total. The van der Waals surface area contributed by atoms with Gasteiger partial charge in [-0.15, -0.1) is 0 Å². The SMILES string of the molecule is CCOC(=O)C[C@@H](O)C(=O)OC. The maximum atomic E-state index is 10.7. The van der Waals surface area contributed by atoms with Crippen LogP contribution in [0.1, 0.15) is 13.3 Å². The molecule has 0 radical (unpaired) electrons. The molecule has 0 aromatic heterocycles. The van der Waals surface area contributed by atoms with Crippen molar-refractivity contribution in [2.75, 3.05) is 13.7 Å². The summed E-state index contributed by atoms with van der Waals surface area (Å²) in [5, 5.41) is 8.94. The van der Waals surface area contributed by atoms with Crippen LogP contribution >= 0.6 is 0 Å². The first-order valence-electron chi connectivity index (χ1n) is 3.53. The fraction of sp³-hybridized carbons (Fsp3) is 0.714. The minimum Gasteiger partial charge on any atom is -0.467 e. The summed E-state index contributed by atoms with van der Waals surface area (Å²) in [5.74, 6) is -1.45. The molecule has 0 unspecified atom stereocenters. The molecule has 12 heavy (non-hydrogen) atoms. The molecular formula is C7H12O5. The van der Waals surface area contributed by atoms with Gasteiger partial charge in [-0.25, -0.2) is 4.79 Å². The highest BCUT2D eigenvalue weighted by molar-refractivity contribution is 5.81. The molecule has 0 aromatic carbocycles. The van der Waals surface area contributed by atoms with Gasteiger partial charge in [0.05, 0.1) is 20.1 Å². The Morgan fingerprint density at radius 3 is 2.50 bits per heavy atom. The lowest BCUT2D eigenvalue weighted by Crippen LogP contribution is -2.25. The Labute approximate surface area is 70.3 Å². The second-order valence-electron chi connectivity index (χ2n) is 2.05. The van der Waals surface area contributed by atoms with Crippen LogP contribution in [0.3, 0.4) is 0 Å². The van der Waals surface area contributed by atoms with Crippen LogP contribution in [0.25, 0.3) is 0 Å². The van der Waals surface area contributed by atoms with Crippen LogP contribution in [-0.4, -0.2) is 36.9 Å². The lowest BCUT2D eigenvalue weighted by molar-refractivity contribution is -0.157. The topological polar surface area (TPSA) is 72.8 Å². The van der Waals surface area contributed by atoms with Gasteiger partial charge in [-0.1, -0.05) is 0 Å². The number of aliphatic hydroxyl groups excluding tert-OH is 1. The van der Waals surface area contributed by atoms with Gasteiger partial charge in [-0.05, 0) is 6.92 Å². The first-order chi connectivity index (χ1) is 5.61. The van der Waals surface area contributed by atoms with E-state index in [-0.39, 0.29) is 13.0 Å². The highest BCUT2D eigenvalue weighted by atomic mass is 16.5. The zero-order chi connectivity index (χ0) is 9.56. The number of hydrogen-bond donors (Lipinski definition) is 1. The van der Waals surface area contributed by atoms with Crippen molar-refractivity contribution in [1.82, 2.24) is 0 Å². The van der Waals surface area contributed by atoms with E-state index in [1.165, 1.54) is 0 Å². The van der Waals surface area contributed by atoms with Crippen LogP contribution in [-0.2, 0) is 19.1 Å². The van der Waals surface area contributed by atoms with Crippen molar-refractivity contribution in [3.8, 4) is 0 Å². The van der Waals surface area contributed by atoms with E-state index in [1.807, 2.05) is 0 Å². The summed E-state index contributed by atoms with van der Waals surface area (Å²) in [4.78, 5) is 21.3. The molecule has 0 aliphatic carbocycles. The molecule has 1 atom stereocenters. The van der Waals surface area contributed by atoms with E-state index >= 15 is 0 Å². The van der Waals surface area contributed by atoms with Gasteiger partial charge in [0, 0.05) is 0 Å². The van der Waals surface area contributed by atoms with Gasteiger partial charge in [0.2, 0.25) is 0 Å². The molecule has 0 bridgehead atoms. The standard InChI is InChI=1S/C7H12O5/c1-3-12-6(9)4-5(8)7(10)11-2/h5,8H,3-4H2,1-2H3/t5-/m1/s1. The molecule has 0 aliphatic rings. The summed E-state index contributed by atoms with van der Waals surface area (Å²) in [7, 11) is 1.14. The molecule has 70 valence electrons. The highest BCUT2D eigenvalue weighted by Gasteiger charge is 2.19. The van der Waals surface area contributed by atoms with E-state index in [9.17, 15) is 9.59 Å². The Balaban J connectivity index is 3.75. The molecule has 5 heteroatoms. The lowest BCUT2D eigenvalue weighted by Gasteiger charge is -2.06. The Hall–Kier alpha value is -1.10. The Morgan fingerprint density at radius 1 is 1.50 bits per heavy atom. The first kappa shape index (κ1) is 10.9. The smallest absolute Gasteiger partial charge is 0.335 e. The average molecular weight is 176 g/mol. The minimum absolute atomic E-state index is 0.229. The van der Waals surface area contributed by atoms with Gasteiger partial charge < -0.3 is 14.6 Å². The van der Waals surface area contributed by atoms with Gasteiger partial charge in [-0.3, -0.25) is 4.79 Å². The number of hydrogen-bond acceptors (Lipinski definition) is 5. The zero-order valence-electron chi connectivity index (χ0n) is 7.07. The number of carbonyl (C=O) groups is 2. The third-order valence-electron chi connectivity index (χ3n) is 1.14. The summed E-state index contributed by atoms with van der Waals surface area (Å²) in [6.45, 7) is 1.87. The van der Waals surface area contributed by atoms with Gasteiger partial charge >= 0.3 is 11.9 Å². The fourth-order valence-electron chi connectivity index (χ4n) is 0.597. The summed E-state index contributed by atoms with van der Waals surface area (Å²) in [6.07, 6.45) is -1.78. The van der Waals surface area contributed by atoms with E-state index in [0.717, 1.165) is 7.11 Å². The van der Waals surface area contributed by atoms with Crippen molar-refractivity contribution in [2.24, 2.45) is 0 Å². The normalized spacial score (nSPS) is 11.9. The number of aliphatic hydroxyl groups is 1. The first-order valence-corrected chi connectivity index (χ1v) is 3.53. The Morgan fingerprint density at radius 2 is 2.08 bits per heavy atom. The highest BCUT2D eigenvalue weighted by Crippen LogP contribution is 1.96. The van der Waals surface area contributed by atoms with Crippen LogP contribution in [0.15, 0.2) is 0 Å². The molecule has 0 aliphatic heterocycles. The third-order valence-corrected chi connectivity index (χ3v) is 1.14. The van der Waals surface area contributed by atoms with E-state index < -0.39 is 18.0 Å². The minimum atomic E-state index is -1.42.